The molecule has 2 N–H and O–H groups in total. The fraction of sp³-hybridized carbons (Fsp3) is 0.316. The van der Waals surface area contributed by atoms with Crippen molar-refractivity contribution >= 4 is 17.7 Å². The molecular weight excluding hydrogens is 310 g/mol. The van der Waals surface area contributed by atoms with Crippen LogP contribution in [0.15, 0.2) is 42.5 Å². The van der Waals surface area contributed by atoms with Gasteiger partial charge >= 0.3 is 6.09 Å². The van der Waals surface area contributed by atoms with Crippen molar-refractivity contribution in [2.45, 2.75) is 32.7 Å². The third-order valence-corrected chi connectivity index (χ3v) is 4.97. The van der Waals surface area contributed by atoms with Gasteiger partial charge in [0.1, 0.15) is 0 Å². The molecule has 0 saturated carbocycles. The van der Waals surface area contributed by atoms with Crippen LogP contribution < -0.4 is 5.32 Å². The Morgan fingerprint density at radius 2 is 1.83 bits per heavy atom. The van der Waals surface area contributed by atoms with Crippen LogP contribution in [0.1, 0.15) is 37.4 Å². The summed E-state index contributed by atoms with van der Waals surface area (Å²) < 4.78 is 0. The van der Waals surface area contributed by atoms with Gasteiger partial charge in [-0.25, -0.2) is 4.79 Å². The average Bonchev–Trinajstić information content (AvgIpc) is 2.50. The minimum absolute atomic E-state index is 0.0901. The summed E-state index contributed by atoms with van der Waals surface area (Å²) in [7, 11) is 0. The van der Waals surface area contributed by atoms with Crippen LogP contribution in [-0.4, -0.2) is 11.2 Å². The topological polar surface area (TPSA) is 49.3 Å². The van der Waals surface area contributed by atoms with E-state index in [2.05, 4.69) is 37.4 Å². The number of hydrogen-bond donors (Lipinski definition) is 2. The molecule has 1 atom stereocenters. The Kier molecular flexibility index (Phi) is 4.07. The van der Waals surface area contributed by atoms with E-state index >= 15 is 0 Å². The summed E-state index contributed by atoms with van der Waals surface area (Å²) in [5.41, 5.74) is 4.46. The fourth-order valence-corrected chi connectivity index (χ4v) is 3.47. The second-order valence-corrected chi connectivity index (χ2v) is 7.23. The number of carboxylic acid groups (broad SMARTS) is 1. The minimum atomic E-state index is -0.974. The molecule has 3 nitrogen and oxygen atoms in total. The highest BCUT2D eigenvalue weighted by Gasteiger charge is 2.36. The van der Waals surface area contributed by atoms with E-state index in [9.17, 15) is 4.79 Å². The molecule has 0 aliphatic heterocycles. The number of carbonyl (C=O) groups is 1. The van der Waals surface area contributed by atoms with Crippen LogP contribution in [0.3, 0.4) is 0 Å². The molecule has 0 aromatic heterocycles. The van der Waals surface area contributed by atoms with Crippen LogP contribution in [0.25, 0.3) is 11.1 Å². The van der Waals surface area contributed by atoms with Gasteiger partial charge in [0.25, 0.3) is 0 Å². The lowest BCUT2D eigenvalue weighted by Crippen LogP contribution is -2.40. The Bertz CT molecular complexity index is 738. The van der Waals surface area contributed by atoms with Gasteiger partial charge in [0.15, 0.2) is 0 Å². The smallest absolute Gasteiger partial charge is 0.405 e. The fourth-order valence-electron chi connectivity index (χ4n) is 3.34. The zero-order chi connectivity index (χ0) is 16.6. The predicted octanol–water partition coefficient (Wildman–Crippen LogP) is 5.29. The van der Waals surface area contributed by atoms with E-state index in [-0.39, 0.29) is 11.5 Å². The maximum Gasteiger partial charge on any atom is 0.405 e. The highest BCUT2D eigenvalue weighted by molar-refractivity contribution is 6.30. The zero-order valence-electron chi connectivity index (χ0n) is 13.3. The molecule has 0 spiro atoms. The summed E-state index contributed by atoms with van der Waals surface area (Å²) in [6, 6.07) is 13.9. The number of halogens is 1. The van der Waals surface area contributed by atoms with Crippen LogP contribution in [0.4, 0.5) is 4.79 Å². The Morgan fingerprint density at radius 1 is 1.17 bits per heavy atom. The lowest BCUT2D eigenvalue weighted by atomic mass is 9.70. The number of benzene rings is 2. The minimum Gasteiger partial charge on any atom is -0.465 e. The molecule has 0 saturated heterocycles. The molecule has 1 amide bonds. The average molecular weight is 330 g/mol. The van der Waals surface area contributed by atoms with Crippen molar-refractivity contribution in [2.75, 3.05) is 0 Å². The quantitative estimate of drug-likeness (QED) is 0.786. The third kappa shape index (κ3) is 3.20. The molecule has 0 fully saturated rings. The van der Waals surface area contributed by atoms with Gasteiger partial charge < -0.3 is 10.4 Å². The van der Waals surface area contributed by atoms with Crippen LogP contribution in [0.5, 0.6) is 0 Å². The molecule has 1 unspecified atom stereocenters. The second kappa shape index (κ2) is 5.89. The lowest BCUT2D eigenvalue weighted by molar-refractivity contribution is 0.161. The van der Waals surface area contributed by atoms with Crippen LogP contribution in [0, 0.1) is 5.41 Å². The highest BCUT2D eigenvalue weighted by atomic mass is 35.5. The van der Waals surface area contributed by atoms with E-state index in [1.807, 2.05) is 24.3 Å². The molecule has 1 aliphatic carbocycles. The number of rotatable bonds is 2. The van der Waals surface area contributed by atoms with E-state index in [0.29, 0.717) is 0 Å². The van der Waals surface area contributed by atoms with E-state index in [4.69, 9.17) is 16.7 Å². The molecule has 120 valence electrons. The first kappa shape index (κ1) is 15.9. The molecule has 0 radical (unpaired) electrons. The van der Waals surface area contributed by atoms with E-state index < -0.39 is 6.09 Å². The summed E-state index contributed by atoms with van der Waals surface area (Å²) >= 11 is 5.95. The van der Waals surface area contributed by atoms with Gasteiger partial charge in [-0.2, -0.15) is 0 Å². The summed E-state index contributed by atoms with van der Waals surface area (Å²) in [6.07, 6.45) is 0.939. The monoisotopic (exact) mass is 329 g/mol. The largest absolute Gasteiger partial charge is 0.465 e. The van der Waals surface area contributed by atoms with Crippen molar-refractivity contribution in [3.63, 3.8) is 0 Å². The standard InChI is InChI=1S/C19H20ClNO2/c1-19(2)10-9-14-11-13(12-3-6-15(20)7-4-12)5-8-16(14)17(19)21-18(22)23/h3-8,11,17,21H,9-10H2,1-2H3,(H,22,23). The number of fused-ring (bicyclic) bond motifs is 1. The number of hydrogen-bond acceptors (Lipinski definition) is 1. The Labute approximate surface area is 141 Å². The predicted molar refractivity (Wildman–Crippen MR) is 92.9 cm³/mol. The Balaban J connectivity index is 2.00. The molecule has 4 heteroatoms. The lowest BCUT2D eigenvalue weighted by Gasteiger charge is -2.40. The summed E-state index contributed by atoms with van der Waals surface area (Å²) in [5, 5.41) is 12.6. The van der Waals surface area contributed by atoms with Crippen LogP contribution >= 0.6 is 11.6 Å². The van der Waals surface area contributed by atoms with Gasteiger partial charge in [0.2, 0.25) is 0 Å². The van der Waals surface area contributed by atoms with Crippen molar-refractivity contribution in [1.29, 1.82) is 0 Å². The molecule has 0 heterocycles. The van der Waals surface area contributed by atoms with Gasteiger partial charge in [0, 0.05) is 5.02 Å². The molecular formula is C19H20ClNO2. The van der Waals surface area contributed by atoms with Gasteiger partial charge in [-0.15, -0.1) is 0 Å². The number of aryl methyl sites for hydroxylation is 1. The van der Waals surface area contributed by atoms with E-state index in [1.165, 1.54) is 5.56 Å². The summed E-state index contributed by atoms with van der Waals surface area (Å²) in [5.74, 6) is 0. The maximum atomic E-state index is 11.2. The first-order chi connectivity index (χ1) is 10.9. The van der Waals surface area contributed by atoms with Gasteiger partial charge in [-0.3, -0.25) is 0 Å². The van der Waals surface area contributed by atoms with Crippen LogP contribution in [-0.2, 0) is 6.42 Å². The van der Waals surface area contributed by atoms with Crippen molar-refractivity contribution < 1.29 is 9.90 Å². The first-order valence-corrected chi connectivity index (χ1v) is 8.13. The maximum absolute atomic E-state index is 11.2. The normalized spacial score (nSPS) is 19.0. The zero-order valence-corrected chi connectivity index (χ0v) is 14.0. The molecule has 3 rings (SSSR count). The highest BCUT2D eigenvalue weighted by Crippen LogP contribution is 2.44. The van der Waals surface area contributed by atoms with Crippen LogP contribution in [0.2, 0.25) is 5.02 Å². The number of nitrogens with one attached hydrogen (secondary N) is 1. The number of amides is 1. The van der Waals surface area contributed by atoms with E-state index in [1.54, 1.807) is 0 Å². The third-order valence-electron chi connectivity index (χ3n) is 4.72. The van der Waals surface area contributed by atoms with Gasteiger partial charge in [-0.05, 0) is 52.6 Å². The molecule has 2 aromatic rings. The Hall–Kier alpha value is -2.00. The first-order valence-electron chi connectivity index (χ1n) is 7.75. The molecule has 1 aliphatic rings. The van der Waals surface area contributed by atoms with Crippen molar-refractivity contribution in [3.8, 4) is 11.1 Å². The summed E-state index contributed by atoms with van der Waals surface area (Å²) in [4.78, 5) is 11.2. The van der Waals surface area contributed by atoms with Crippen molar-refractivity contribution in [2.24, 2.45) is 5.41 Å². The SMILES string of the molecule is CC1(C)CCc2cc(-c3ccc(Cl)cc3)ccc2C1NC(=O)O. The van der Waals surface area contributed by atoms with Crippen molar-refractivity contribution in [3.05, 3.63) is 58.6 Å². The molecule has 23 heavy (non-hydrogen) atoms. The van der Waals surface area contributed by atoms with E-state index in [0.717, 1.165) is 34.6 Å². The molecule has 0 bridgehead atoms. The van der Waals surface area contributed by atoms with Crippen molar-refractivity contribution in [1.82, 2.24) is 5.32 Å². The Morgan fingerprint density at radius 3 is 2.48 bits per heavy atom. The molecule has 2 aromatic carbocycles. The summed E-state index contributed by atoms with van der Waals surface area (Å²) in [6.45, 7) is 4.23. The van der Waals surface area contributed by atoms with Gasteiger partial charge in [0.05, 0.1) is 6.04 Å². The van der Waals surface area contributed by atoms with Gasteiger partial charge in [-0.1, -0.05) is 55.8 Å². The second-order valence-electron chi connectivity index (χ2n) is 6.79.